The van der Waals surface area contributed by atoms with Crippen molar-refractivity contribution in [1.82, 2.24) is 0 Å². The van der Waals surface area contributed by atoms with Gasteiger partial charge in [0.1, 0.15) is 0 Å². The number of aryl methyl sites for hydroxylation is 1. The third-order valence-corrected chi connectivity index (χ3v) is 3.29. The monoisotopic (exact) mass is 300 g/mol. The molecule has 0 atom stereocenters. The van der Waals surface area contributed by atoms with Crippen LogP contribution in [0.4, 0.5) is 4.39 Å². The van der Waals surface area contributed by atoms with E-state index in [1.165, 1.54) is 32.4 Å². The molecule has 0 aliphatic carbocycles. The number of esters is 1. The van der Waals surface area contributed by atoms with E-state index in [1.54, 1.807) is 6.07 Å². The van der Waals surface area contributed by atoms with Gasteiger partial charge in [0.2, 0.25) is 0 Å². The van der Waals surface area contributed by atoms with Crippen LogP contribution in [0.1, 0.15) is 16.7 Å². The third kappa shape index (κ3) is 3.52. The van der Waals surface area contributed by atoms with E-state index in [0.29, 0.717) is 11.1 Å². The largest absolute Gasteiger partial charge is 0.494 e. The highest BCUT2D eigenvalue weighted by Gasteiger charge is 2.11. The van der Waals surface area contributed by atoms with Crippen molar-refractivity contribution in [3.05, 3.63) is 71.0 Å². The van der Waals surface area contributed by atoms with E-state index in [0.717, 1.165) is 11.1 Å². The van der Waals surface area contributed by atoms with Gasteiger partial charge in [-0.2, -0.15) is 0 Å². The van der Waals surface area contributed by atoms with Crippen LogP contribution in [-0.4, -0.2) is 20.2 Å². The van der Waals surface area contributed by atoms with Crippen molar-refractivity contribution in [2.24, 2.45) is 0 Å². The summed E-state index contributed by atoms with van der Waals surface area (Å²) in [6, 6.07) is 12.2. The van der Waals surface area contributed by atoms with Crippen molar-refractivity contribution in [2.45, 2.75) is 6.92 Å². The minimum absolute atomic E-state index is 0.157. The van der Waals surface area contributed by atoms with E-state index in [-0.39, 0.29) is 5.75 Å². The Kier molecular flexibility index (Phi) is 4.94. The van der Waals surface area contributed by atoms with Gasteiger partial charge in [0.05, 0.1) is 14.2 Å². The zero-order valence-electron chi connectivity index (χ0n) is 12.7. The lowest BCUT2D eigenvalue weighted by atomic mass is 9.96. The summed E-state index contributed by atoms with van der Waals surface area (Å²) in [7, 11) is 2.71. The van der Waals surface area contributed by atoms with Gasteiger partial charge in [0.15, 0.2) is 11.6 Å². The molecule has 0 N–H and O–H groups in total. The number of carbonyl (C=O) groups excluding carboxylic acids is 1. The predicted molar refractivity (Wildman–Crippen MR) is 83.2 cm³/mol. The first kappa shape index (κ1) is 15.8. The van der Waals surface area contributed by atoms with Gasteiger partial charge >= 0.3 is 5.97 Å². The summed E-state index contributed by atoms with van der Waals surface area (Å²) >= 11 is 0. The number of hydrogen-bond acceptors (Lipinski definition) is 3. The van der Waals surface area contributed by atoms with E-state index in [2.05, 4.69) is 4.74 Å². The van der Waals surface area contributed by atoms with Crippen molar-refractivity contribution >= 4 is 11.5 Å². The Hall–Kier alpha value is -2.62. The molecule has 2 rings (SSSR count). The van der Waals surface area contributed by atoms with Gasteiger partial charge in [-0.3, -0.25) is 0 Å². The molecule has 2 aromatic rings. The molecule has 0 aromatic heterocycles. The Balaban J connectivity index is 2.54. The average Bonchev–Trinajstić information content (AvgIpc) is 2.53. The van der Waals surface area contributed by atoms with Crippen molar-refractivity contribution in [3.8, 4) is 5.75 Å². The Labute approximate surface area is 129 Å². The highest BCUT2D eigenvalue weighted by Crippen LogP contribution is 2.27. The predicted octanol–water partition coefficient (Wildman–Crippen LogP) is 3.75. The van der Waals surface area contributed by atoms with Crippen LogP contribution >= 0.6 is 0 Å². The lowest BCUT2D eigenvalue weighted by molar-refractivity contribution is -0.134. The molecule has 0 unspecified atom stereocenters. The number of ether oxygens (including phenoxy) is 2. The van der Waals surface area contributed by atoms with Gasteiger partial charge in [-0.15, -0.1) is 0 Å². The molecule has 22 heavy (non-hydrogen) atoms. The Morgan fingerprint density at radius 3 is 2.23 bits per heavy atom. The summed E-state index contributed by atoms with van der Waals surface area (Å²) in [4.78, 5) is 11.6. The summed E-state index contributed by atoms with van der Waals surface area (Å²) in [5, 5.41) is 0. The molecular weight excluding hydrogens is 283 g/mol. The smallest absolute Gasteiger partial charge is 0.331 e. The Morgan fingerprint density at radius 1 is 1.05 bits per heavy atom. The summed E-state index contributed by atoms with van der Waals surface area (Å²) < 4.78 is 23.5. The molecule has 2 aromatic carbocycles. The van der Waals surface area contributed by atoms with E-state index >= 15 is 0 Å². The van der Waals surface area contributed by atoms with Gasteiger partial charge in [-0.1, -0.05) is 35.9 Å². The zero-order chi connectivity index (χ0) is 16.1. The van der Waals surface area contributed by atoms with E-state index in [4.69, 9.17) is 4.74 Å². The maximum Gasteiger partial charge on any atom is 0.331 e. The van der Waals surface area contributed by atoms with Gasteiger partial charge in [-0.25, -0.2) is 9.18 Å². The van der Waals surface area contributed by atoms with E-state index < -0.39 is 11.8 Å². The second-order valence-corrected chi connectivity index (χ2v) is 4.80. The summed E-state index contributed by atoms with van der Waals surface area (Å²) in [5.74, 6) is -0.820. The normalized spacial score (nSPS) is 11.2. The molecule has 4 heteroatoms. The van der Waals surface area contributed by atoms with E-state index in [1.807, 2.05) is 31.2 Å². The summed E-state index contributed by atoms with van der Waals surface area (Å²) in [6.07, 6.45) is 1.35. The minimum atomic E-state index is -0.494. The van der Waals surface area contributed by atoms with Crippen molar-refractivity contribution in [3.63, 3.8) is 0 Å². The second-order valence-electron chi connectivity index (χ2n) is 4.80. The van der Waals surface area contributed by atoms with Gasteiger partial charge in [-0.05, 0) is 35.8 Å². The van der Waals surface area contributed by atoms with Crippen LogP contribution in [0.15, 0.2) is 48.5 Å². The van der Waals surface area contributed by atoms with Crippen molar-refractivity contribution < 1.29 is 18.7 Å². The number of hydrogen-bond donors (Lipinski definition) is 0. The molecule has 0 saturated carbocycles. The first-order valence-corrected chi connectivity index (χ1v) is 6.75. The molecule has 3 nitrogen and oxygen atoms in total. The minimum Gasteiger partial charge on any atom is -0.494 e. The Bertz CT molecular complexity index is 703. The van der Waals surface area contributed by atoms with Crippen molar-refractivity contribution in [2.75, 3.05) is 14.2 Å². The topological polar surface area (TPSA) is 35.5 Å². The maximum atomic E-state index is 13.9. The molecule has 0 bridgehead atoms. The number of rotatable bonds is 4. The van der Waals surface area contributed by atoms with Crippen molar-refractivity contribution in [1.29, 1.82) is 0 Å². The molecule has 0 aliphatic rings. The molecule has 0 amide bonds. The highest BCUT2D eigenvalue weighted by molar-refractivity contribution is 5.96. The molecule has 0 radical (unpaired) electrons. The fourth-order valence-corrected chi connectivity index (χ4v) is 2.08. The molecule has 0 aliphatic heterocycles. The first-order chi connectivity index (χ1) is 10.5. The summed E-state index contributed by atoms with van der Waals surface area (Å²) in [6.45, 7) is 1.97. The van der Waals surface area contributed by atoms with Crippen LogP contribution in [-0.2, 0) is 9.53 Å². The molecule has 0 fully saturated rings. The average molecular weight is 300 g/mol. The fourth-order valence-electron chi connectivity index (χ4n) is 2.08. The highest BCUT2D eigenvalue weighted by atomic mass is 19.1. The fraction of sp³-hybridized carbons (Fsp3) is 0.167. The lowest BCUT2D eigenvalue weighted by Gasteiger charge is -2.10. The number of methoxy groups -OCH3 is 2. The standard InChI is InChI=1S/C18H17FO3/c1-12-4-6-13(7-5-12)15(11-18(20)22-3)14-8-9-17(21-2)16(19)10-14/h4-11H,1-3H3/b15-11+. The van der Waals surface area contributed by atoms with Crippen LogP contribution in [0, 0.1) is 12.7 Å². The van der Waals surface area contributed by atoms with Crippen LogP contribution in [0.25, 0.3) is 5.57 Å². The third-order valence-electron chi connectivity index (χ3n) is 3.29. The van der Waals surface area contributed by atoms with Crippen LogP contribution < -0.4 is 4.74 Å². The number of halogens is 1. The molecular formula is C18H17FO3. The Morgan fingerprint density at radius 2 is 1.68 bits per heavy atom. The second kappa shape index (κ2) is 6.89. The van der Waals surface area contributed by atoms with Gasteiger partial charge in [0, 0.05) is 6.08 Å². The van der Waals surface area contributed by atoms with E-state index in [9.17, 15) is 9.18 Å². The lowest BCUT2D eigenvalue weighted by Crippen LogP contribution is -1.99. The van der Waals surface area contributed by atoms with Crippen LogP contribution in [0.2, 0.25) is 0 Å². The molecule has 114 valence electrons. The summed E-state index contributed by atoms with van der Waals surface area (Å²) in [5.41, 5.74) is 3.07. The maximum absolute atomic E-state index is 13.9. The zero-order valence-corrected chi connectivity index (χ0v) is 12.7. The first-order valence-electron chi connectivity index (χ1n) is 6.75. The SMILES string of the molecule is COC(=O)/C=C(\c1ccc(C)cc1)c1ccc(OC)c(F)c1. The number of carbonyl (C=O) groups is 1. The van der Waals surface area contributed by atoms with Gasteiger partial charge < -0.3 is 9.47 Å². The van der Waals surface area contributed by atoms with Crippen LogP contribution in [0.3, 0.4) is 0 Å². The molecule has 0 saturated heterocycles. The number of benzene rings is 2. The molecule has 0 spiro atoms. The quantitative estimate of drug-likeness (QED) is 0.637. The molecule has 0 heterocycles. The van der Waals surface area contributed by atoms with Crippen LogP contribution in [0.5, 0.6) is 5.75 Å². The van der Waals surface area contributed by atoms with Gasteiger partial charge in [0.25, 0.3) is 0 Å².